The van der Waals surface area contributed by atoms with Crippen molar-refractivity contribution in [1.82, 2.24) is 4.90 Å². The molecule has 0 bridgehead atoms. The van der Waals surface area contributed by atoms with E-state index in [1.807, 2.05) is 6.07 Å². The van der Waals surface area contributed by atoms with Crippen LogP contribution in [0.2, 0.25) is 0 Å². The minimum atomic E-state index is 0. The molecule has 0 spiro atoms. The first kappa shape index (κ1) is 26.6. The highest BCUT2D eigenvalue weighted by Gasteiger charge is 2.30. The molecule has 8 heteroatoms. The minimum Gasteiger partial charge on any atom is -0.493 e. The van der Waals surface area contributed by atoms with Gasteiger partial charge in [0.15, 0.2) is 11.5 Å². The number of fused-ring (bicyclic) bond motifs is 1. The summed E-state index contributed by atoms with van der Waals surface area (Å²) in [6.07, 6.45) is 0. The molecule has 2 heterocycles. The molecule has 2 aliphatic rings. The molecule has 1 saturated heterocycles. The number of halogens is 2. The molecule has 0 radical (unpaired) electrons. The van der Waals surface area contributed by atoms with Gasteiger partial charge in [-0.15, -0.1) is 24.8 Å². The van der Waals surface area contributed by atoms with Crippen LogP contribution in [0.5, 0.6) is 11.5 Å². The number of morpholine rings is 1. The first-order valence-electron chi connectivity index (χ1n) is 10.7. The zero-order valence-corrected chi connectivity index (χ0v) is 20.5. The van der Waals surface area contributed by atoms with E-state index >= 15 is 0 Å². The van der Waals surface area contributed by atoms with Crippen molar-refractivity contribution in [2.75, 3.05) is 71.7 Å². The number of hydrogen-bond donors (Lipinski definition) is 0. The SMILES string of the molecule is COCCOc1cc(CN2CC(CN3CCOCC3)c3ccccc32)ccc1OC.Cl.Cl. The van der Waals surface area contributed by atoms with E-state index in [0.717, 1.165) is 57.4 Å². The van der Waals surface area contributed by atoms with E-state index in [-0.39, 0.29) is 24.8 Å². The van der Waals surface area contributed by atoms with Crippen LogP contribution in [-0.4, -0.2) is 71.7 Å². The molecular weight excluding hydrogens is 451 g/mol. The molecule has 1 atom stereocenters. The van der Waals surface area contributed by atoms with Gasteiger partial charge in [-0.3, -0.25) is 4.90 Å². The van der Waals surface area contributed by atoms with E-state index in [1.165, 1.54) is 16.8 Å². The Balaban J connectivity index is 0.00000181. The van der Waals surface area contributed by atoms with Crippen molar-refractivity contribution in [3.8, 4) is 11.5 Å². The van der Waals surface area contributed by atoms with E-state index in [2.05, 4.69) is 46.2 Å². The zero-order valence-electron chi connectivity index (χ0n) is 18.8. The summed E-state index contributed by atoms with van der Waals surface area (Å²) in [5, 5.41) is 0. The second-order valence-corrected chi connectivity index (χ2v) is 7.88. The van der Waals surface area contributed by atoms with Crippen LogP contribution >= 0.6 is 24.8 Å². The van der Waals surface area contributed by atoms with Crippen molar-refractivity contribution in [2.24, 2.45) is 0 Å². The molecule has 1 fully saturated rings. The average Bonchev–Trinajstić information content (AvgIpc) is 3.12. The van der Waals surface area contributed by atoms with Gasteiger partial charge in [-0.1, -0.05) is 24.3 Å². The van der Waals surface area contributed by atoms with Crippen LogP contribution in [0.15, 0.2) is 42.5 Å². The Labute approximate surface area is 203 Å². The van der Waals surface area contributed by atoms with E-state index < -0.39 is 0 Å². The molecule has 1 unspecified atom stereocenters. The van der Waals surface area contributed by atoms with E-state index in [9.17, 15) is 0 Å². The summed E-state index contributed by atoms with van der Waals surface area (Å²) in [7, 11) is 3.35. The second kappa shape index (κ2) is 13.1. The average molecular weight is 485 g/mol. The molecule has 6 nitrogen and oxygen atoms in total. The minimum absolute atomic E-state index is 0. The van der Waals surface area contributed by atoms with Gasteiger partial charge in [-0.2, -0.15) is 0 Å². The van der Waals surface area contributed by atoms with Gasteiger partial charge in [-0.05, 0) is 29.3 Å². The first-order chi connectivity index (χ1) is 14.8. The fraction of sp³-hybridized carbons (Fsp3) is 0.500. The molecule has 178 valence electrons. The summed E-state index contributed by atoms with van der Waals surface area (Å²) in [5.74, 6) is 2.04. The highest BCUT2D eigenvalue weighted by molar-refractivity contribution is 5.85. The third-order valence-corrected chi connectivity index (χ3v) is 5.89. The number of ether oxygens (including phenoxy) is 4. The molecule has 2 aromatic rings. The lowest BCUT2D eigenvalue weighted by atomic mass is 10.0. The summed E-state index contributed by atoms with van der Waals surface area (Å²) in [6, 6.07) is 15.0. The first-order valence-corrected chi connectivity index (χ1v) is 10.7. The standard InChI is InChI=1S/C24H32N2O4.2ClH/c1-27-13-14-30-24-15-19(7-8-23(24)28-2)16-26-18-20(17-25-9-11-29-12-10-25)21-5-3-4-6-22(21)26;;/h3-8,15,20H,9-14,16-18H2,1-2H3;2*1H. The number of rotatable bonds is 9. The molecule has 0 saturated carbocycles. The Hall–Kier alpha value is -1.70. The van der Waals surface area contributed by atoms with E-state index in [0.29, 0.717) is 19.1 Å². The topological polar surface area (TPSA) is 43.4 Å². The maximum Gasteiger partial charge on any atom is 0.161 e. The van der Waals surface area contributed by atoms with Crippen molar-refractivity contribution in [1.29, 1.82) is 0 Å². The van der Waals surface area contributed by atoms with Crippen molar-refractivity contribution < 1.29 is 18.9 Å². The van der Waals surface area contributed by atoms with Gasteiger partial charge in [-0.25, -0.2) is 0 Å². The van der Waals surface area contributed by atoms with Gasteiger partial charge >= 0.3 is 0 Å². The molecular formula is C24H34Cl2N2O4. The molecule has 0 aromatic heterocycles. The van der Waals surface area contributed by atoms with Gasteiger partial charge in [0.1, 0.15) is 6.61 Å². The Morgan fingerprint density at radius 2 is 1.75 bits per heavy atom. The molecule has 0 amide bonds. The fourth-order valence-corrected chi connectivity index (χ4v) is 4.37. The van der Waals surface area contributed by atoms with Gasteiger partial charge in [0.25, 0.3) is 0 Å². The monoisotopic (exact) mass is 484 g/mol. The summed E-state index contributed by atoms with van der Waals surface area (Å²) in [4.78, 5) is 5.02. The van der Waals surface area contributed by atoms with E-state index in [4.69, 9.17) is 18.9 Å². The van der Waals surface area contributed by atoms with Crippen LogP contribution in [0, 0.1) is 0 Å². The third kappa shape index (κ3) is 6.42. The van der Waals surface area contributed by atoms with Crippen LogP contribution in [0.1, 0.15) is 17.0 Å². The smallest absolute Gasteiger partial charge is 0.161 e. The van der Waals surface area contributed by atoms with Crippen LogP contribution in [0.4, 0.5) is 5.69 Å². The molecule has 2 aliphatic heterocycles. The second-order valence-electron chi connectivity index (χ2n) is 7.88. The highest BCUT2D eigenvalue weighted by atomic mass is 35.5. The fourth-order valence-electron chi connectivity index (χ4n) is 4.37. The maximum atomic E-state index is 5.88. The molecule has 4 rings (SSSR count). The van der Waals surface area contributed by atoms with Crippen molar-refractivity contribution >= 4 is 30.5 Å². The van der Waals surface area contributed by atoms with Crippen molar-refractivity contribution in [2.45, 2.75) is 12.5 Å². The number of hydrogen-bond acceptors (Lipinski definition) is 6. The highest BCUT2D eigenvalue weighted by Crippen LogP contribution is 2.38. The number of anilines is 1. The largest absolute Gasteiger partial charge is 0.493 e. The zero-order chi connectivity index (χ0) is 20.8. The summed E-state index contributed by atoms with van der Waals surface area (Å²) in [5.41, 5.74) is 4.01. The van der Waals surface area contributed by atoms with E-state index in [1.54, 1.807) is 14.2 Å². The lowest BCUT2D eigenvalue weighted by Gasteiger charge is -2.29. The third-order valence-electron chi connectivity index (χ3n) is 5.89. The Morgan fingerprint density at radius 3 is 2.50 bits per heavy atom. The van der Waals surface area contributed by atoms with Crippen LogP contribution in [-0.2, 0) is 16.0 Å². The number of para-hydroxylation sites is 1. The van der Waals surface area contributed by atoms with Crippen molar-refractivity contribution in [3.63, 3.8) is 0 Å². The lowest BCUT2D eigenvalue weighted by molar-refractivity contribution is 0.0356. The molecule has 2 aromatic carbocycles. The van der Waals surface area contributed by atoms with Gasteiger partial charge in [0, 0.05) is 51.4 Å². The number of methoxy groups -OCH3 is 2. The summed E-state index contributed by atoms with van der Waals surface area (Å²) >= 11 is 0. The summed E-state index contributed by atoms with van der Waals surface area (Å²) in [6.45, 7) is 7.76. The number of nitrogens with zero attached hydrogens (tertiary/aromatic N) is 2. The Morgan fingerprint density at radius 1 is 0.969 bits per heavy atom. The Kier molecular flexibility index (Phi) is 10.9. The lowest BCUT2D eigenvalue weighted by Crippen LogP contribution is -2.39. The number of benzene rings is 2. The van der Waals surface area contributed by atoms with Gasteiger partial charge in [0.2, 0.25) is 0 Å². The maximum absolute atomic E-state index is 5.88. The normalized spacial score (nSPS) is 17.8. The van der Waals surface area contributed by atoms with Crippen LogP contribution in [0.25, 0.3) is 0 Å². The van der Waals surface area contributed by atoms with Crippen molar-refractivity contribution in [3.05, 3.63) is 53.6 Å². The van der Waals surface area contributed by atoms with Gasteiger partial charge in [0.05, 0.1) is 26.9 Å². The Bertz CT molecular complexity index is 833. The summed E-state index contributed by atoms with van der Waals surface area (Å²) < 4.78 is 22.0. The van der Waals surface area contributed by atoms with Crippen LogP contribution < -0.4 is 14.4 Å². The quantitative estimate of drug-likeness (QED) is 0.501. The molecule has 0 N–H and O–H groups in total. The predicted molar refractivity (Wildman–Crippen MR) is 132 cm³/mol. The molecule has 0 aliphatic carbocycles. The van der Waals surface area contributed by atoms with Crippen LogP contribution in [0.3, 0.4) is 0 Å². The predicted octanol–water partition coefficient (Wildman–Crippen LogP) is 4.00. The molecule has 32 heavy (non-hydrogen) atoms. The van der Waals surface area contributed by atoms with Gasteiger partial charge < -0.3 is 23.8 Å².